The molecule has 1 aliphatic rings. The molecule has 2 atom stereocenters. The van der Waals surface area contributed by atoms with Gasteiger partial charge in [-0.2, -0.15) is 0 Å². The van der Waals surface area contributed by atoms with E-state index in [-0.39, 0.29) is 18.6 Å². The number of methoxy groups -OCH3 is 1. The molecule has 1 heterocycles. The maximum Gasteiger partial charge on any atom is 0.248 e. The van der Waals surface area contributed by atoms with Gasteiger partial charge in [0, 0.05) is 45.2 Å². The Morgan fingerprint density at radius 1 is 1.10 bits per heavy atom. The van der Waals surface area contributed by atoms with Gasteiger partial charge in [-0.25, -0.2) is 0 Å². The van der Waals surface area contributed by atoms with E-state index in [0.29, 0.717) is 11.8 Å². The van der Waals surface area contributed by atoms with E-state index < -0.39 is 0 Å². The molecule has 4 nitrogen and oxygen atoms in total. The predicted molar refractivity (Wildman–Crippen MR) is 118 cm³/mol. The van der Waals surface area contributed by atoms with Gasteiger partial charge in [0.25, 0.3) is 0 Å². The lowest BCUT2D eigenvalue weighted by atomic mass is 9.88. The highest BCUT2D eigenvalue weighted by Crippen LogP contribution is 2.34. The molecule has 2 unspecified atom stereocenters. The fourth-order valence-electron chi connectivity index (χ4n) is 4.36. The van der Waals surface area contributed by atoms with Crippen molar-refractivity contribution < 1.29 is 9.53 Å². The Labute approximate surface area is 175 Å². The number of carbonyl (C=O) groups excluding carboxylic acids is 1. The molecule has 1 saturated heterocycles. The van der Waals surface area contributed by atoms with Crippen molar-refractivity contribution >= 4 is 5.91 Å². The van der Waals surface area contributed by atoms with E-state index in [1.165, 1.54) is 16.7 Å². The minimum absolute atomic E-state index is 0.0753. The van der Waals surface area contributed by atoms with Crippen molar-refractivity contribution in [2.24, 2.45) is 5.92 Å². The van der Waals surface area contributed by atoms with Gasteiger partial charge < -0.3 is 9.64 Å². The lowest BCUT2D eigenvalue weighted by Crippen LogP contribution is -2.43. The Balaban J connectivity index is 1.77. The lowest BCUT2D eigenvalue weighted by molar-refractivity contribution is -0.137. The third-order valence-corrected chi connectivity index (χ3v) is 5.91. The highest BCUT2D eigenvalue weighted by atomic mass is 16.5. The normalized spacial score (nSPS) is 19.6. The number of ether oxygens (including phenoxy) is 1. The number of benzene rings is 2. The second kappa shape index (κ2) is 10.0. The monoisotopic (exact) mass is 394 g/mol. The van der Waals surface area contributed by atoms with Crippen LogP contribution in [0.25, 0.3) is 0 Å². The van der Waals surface area contributed by atoms with Gasteiger partial charge in [-0.05, 0) is 37.8 Å². The molecule has 0 aliphatic carbocycles. The zero-order valence-corrected chi connectivity index (χ0v) is 18.2. The largest absolute Gasteiger partial charge is 0.375 e. The van der Waals surface area contributed by atoms with E-state index in [0.717, 1.165) is 26.2 Å². The molecule has 2 aromatic rings. The number of likely N-dealkylation sites (tertiary alicyclic amines) is 1. The Morgan fingerprint density at radius 3 is 2.41 bits per heavy atom. The molecule has 1 fully saturated rings. The van der Waals surface area contributed by atoms with Gasteiger partial charge in [-0.1, -0.05) is 60.2 Å². The Bertz CT molecular complexity index is 773. The molecule has 3 rings (SSSR count). The number of carbonyl (C=O) groups is 1. The van der Waals surface area contributed by atoms with Gasteiger partial charge >= 0.3 is 0 Å². The summed E-state index contributed by atoms with van der Waals surface area (Å²) in [4.78, 5) is 17.1. The van der Waals surface area contributed by atoms with Crippen LogP contribution in [0.15, 0.2) is 54.6 Å². The van der Waals surface area contributed by atoms with E-state index in [4.69, 9.17) is 4.74 Å². The summed E-state index contributed by atoms with van der Waals surface area (Å²) in [5.41, 5.74) is 4.01. The zero-order chi connectivity index (χ0) is 20.8. The van der Waals surface area contributed by atoms with Crippen LogP contribution in [0, 0.1) is 12.8 Å². The van der Waals surface area contributed by atoms with Crippen LogP contribution < -0.4 is 0 Å². The van der Waals surface area contributed by atoms with Crippen molar-refractivity contribution in [2.45, 2.75) is 39.3 Å². The summed E-state index contributed by atoms with van der Waals surface area (Å²) < 4.78 is 5.12. The lowest BCUT2D eigenvalue weighted by Gasteiger charge is -2.31. The highest BCUT2D eigenvalue weighted by Gasteiger charge is 2.36. The Morgan fingerprint density at radius 2 is 1.79 bits per heavy atom. The molecule has 2 aromatic carbocycles. The Kier molecular flexibility index (Phi) is 7.45. The van der Waals surface area contributed by atoms with Crippen LogP contribution >= 0.6 is 0 Å². The molecule has 0 aromatic heterocycles. The summed E-state index contributed by atoms with van der Waals surface area (Å²) in [6.45, 7) is 10.2. The number of hydrogen-bond acceptors (Lipinski definition) is 3. The van der Waals surface area contributed by atoms with Gasteiger partial charge in [0.05, 0.1) is 0 Å². The van der Waals surface area contributed by atoms with E-state index in [9.17, 15) is 4.79 Å². The standard InChI is InChI=1S/C25H34N2O2/c1-19(2)27(25(28)18-29-4)16-23-15-26(14-21-12-10-20(3)11-13-21)17-24(23)22-8-6-5-7-9-22/h5-13,19,23-24H,14-18H2,1-4H3. The van der Waals surface area contributed by atoms with Gasteiger partial charge in [-0.3, -0.25) is 9.69 Å². The quantitative estimate of drug-likeness (QED) is 0.676. The molecule has 0 saturated carbocycles. The van der Waals surface area contributed by atoms with Gasteiger partial charge in [0.1, 0.15) is 6.61 Å². The summed E-state index contributed by atoms with van der Waals surface area (Å²) in [5.74, 6) is 0.913. The topological polar surface area (TPSA) is 32.8 Å². The number of hydrogen-bond donors (Lipinski definition) is 0. The predicted octanol–water partition coefficient (Wildman–Crippen LogP) is 4.09. The van der Waals surface area contributed by atoms with Crippen molar-refractivity contribution in [3.8, 4) is 0 Å². The van der Waals surface area contributed by atoms with Crippen molar-refractivity contribution in [2.75, 3.05) is 33.4 Å². The fraction of sp³-hybridized carbons (Fsp3) is 0.480. The molecule has 0 radical (unpaired) electrons. The third-order valence-electron chi connectivity index (χ3n) is 5.91. The van der Waals surface area contributed by atoms with Crippen LogP contribution in [-0.4, -0.2) is 55.1 Å². The SMILES string of the molecule is COCC(=O)N(CC1CN(Cc2ccc(C)cc2)CC1c1ccccc1)C(C)C. The van der Waals surface area contributed by atoms with Crippen LogP contribution in [0.5, 0.6) is 0 Å². The van der Waals surface area contributed by atoms with Crippen LogP contribution in [-0.2, 0) is 16.1 Å². The van der Waals surface area contributed by atoms with Crippen molar-refractivity contribution in [1.29, 1.82) is 0 Å². The van der Waals surface area contributed by atoms with Gasteiger partial charge in [0.15, 0.2) is 0 Å². The summed E-state index contributed by atoms with van der Waals surface area (Å²) in [6, 6.07) is 19.7. The molecule has 29 heavy (non-hydrogen) atoms. The highest BCUT2D eigenvalue weighted by molar-refractivity contribution is 5.77. The van der Waals surface area contributed by atoms with E-state index >= 15 is 0 Å². The number of nitrogens with zero attached hydrogens (tertiary/aromatic N) is 2. The first-order chi connectivity index (χ1) is 14.0. The van der Waals surface area contributed by atoms with Crippen LogP contribution in [0.2, 0.25) is 0 Å². The van der Waals surface area contributed by atoms with Crippen molar-refractivity contribution in [3.63, 3.8) is 0 Å². The van der Waals surface area contributed by atoms with E-state index in [1.54, 1.807) is 7.11 Å². The molecule has 0 spiro atoms. The average Bonchev–Trinajstić information content (AvgIpc) is 3.11. The van der Waals surface area contributed by atoms with Crippen molar-refractivity contribution in [1.82, 2.24) is 9.80 Å². The molecular formula is C25H34N2O2. The van der Waals surface area contributed by atoms with Gasteiger partial charge in [-0.15, -0.1) is 0 Å². The first kappa shape index (κ1) is 21.5. The summed E-state index contributed by atoms with van der Waals surface area (Å²) in [6.07, 6.45) is 0. The average molecular weight is 395 g/mol. The van der Waals surface area contributed by atoms with Crippen molar-refractivity contribution in [3.05, 3.63) is 71.3 Å². The summed E-state index contributed by atoms with van der Waals surface area (Å²) in [5, 5.41) is 0. The minimum Gasteiger partial charge on any atom is -0.375 e. The maximum atomic E-state index is 12.6. The van der Waals surface area contributed by atoms with E-state index in [1.807, 2.05) is 4.90 Å². The zero-order valence-electron chi connectivity index (χ0n) is 18.2. The molecule has 1 amide bonds. The third kappa shape index (κ3) is 5.68. The maximum absolute atomic E-state index is 12.6. The molecule has 1 aliphatic heterocycles. The minimum atomic E-state index is 0.0753. The number of aryl methyl sites for hydroxylation is 1. The second-order valence-corrected chi connectivity index (χ2v) is 8.53. The molecule has 156 valence electrons. The molecule has 4 heteroatoms. The van der Waals surface area contributed by atoms with Crippen LogP contribution in [0.1, 0.15) is 36.5 Å². The first-order valence-corrected chi connectivity index (χ1v) is 10.6. The van der Waals surface area contributed by atoms with Gasteiger partial charge in [0.2, 0.25) is 5.91 Å². The summed E-state index contributed by atoms with van der Waals surface area (Å²) >= 11 is 0. The number of amides is 1. The van der Waals surface area contributed by atoms with Crippen LogP contribution in [0.4, 0.5) is 0 Å². The smallest absolute Gasteiger partial charge is 0.248 e. The first-order valence-electron chi connectivity index (χ1n) is 10.6. The Hall–Kier alpha value is -2.17. The molecule has 0 N–H and O–H groups in total. The van der Waals surface area contributed by atoms with E-state index in [2.05, 4.69) is 80.3 Å². The molecular weight excluding hydrogens is 360 g/mol. The summed E-state index contributed by atoms with van der Waals surface area (Å²) in [7, 11) is 1.59. The number of rotatable bonds is 8. The molecule has 0 bridgehead atoms. The van der Waals surface area contributed by atoms with Crippen LogP contribution in [0.3, 0.4) is 0 Å². The fourth-order valence-corrected chi connectivity index (χ4v) is 4.36. The second-order valence-electron chi connectivity index (χ2n) is 8.53.